The Bertz CT molecular complexity index is 1290. The van der Waals surface area contributed by atoms with Crippen LogP contribution in [0.5, 0.6) is 11.5 Å². The zero-order valence-corrected chi connectivity index (χ0v) is 18.0. The summed E-state index contributed by atoms with van der Waals surface area (Å²) < 4.78 is 39.6. The number of carbonyl (C=O) groups excluding carboxylic acids is 1. The van der Waals surface area contributed by atoms with Crippen molar-refractivity contribution >= 4 is 21.6 Å². The van der Waals surface area contributed by atoms with Crippen molar-refractivity contribution in [2.45, 2.75) is 30.2 Å². The van der Waals surface area contributed by atoms with Gasteiger partial charge in [0, 0.05) is 23.4 Å². The number of anilines is 1. The molecular weight excluding hydrogens is 428 g/mol. The Morgan fingerprint density at radius 3 is 2.69 bits per heavy atom. The van der Waals surface area contributed by atoms with Crippen molar-refractivity contribution in [2.24, 2.45) is 0 Å². The van der Waals surface area contributed by atoms with Crippen molar-refractivity contribution < 1.29 is 22.7 Å². The Labute approximate surface area is 186 Å². The van der Waals surface area contributed by atoms with Crippen LogP contribution in [0.4, 0.5) is 5.69 Å². The summed E-state index contributed by atoms with van der Waals surface area (Å²) in [7, 11) is -3.81. The van der Waals surface area contributed by atoms with Crippen LogP contribution in [0.15, 0.2) is 71.6 Å². The van der Waals surface area contributed by atoms with Gasteiger partial charge in [0.15, 0.2) is 11.5 Å². The number of benzene rings is 3. The third-order valence-corrected chi connectivity index (χ3v) is 7.17. The average Bonchev–Trinajstić information content (AvgIpc) is 3.27. The minimum Gasteiger partial charge on any atom is -0.454 e. The molecule has 1 aliphatic heterocycles. The maximum absolute atomic E-state index is 13.1. The van der Waals surface area contributed by atoms with Crippen LogP contribution in [0.2, 0.25) is 0 Å². The van der Waals surface area contributed by atoms with Crippen LogP contribution in [0.25, 0.3) is 0 Å². The number of hydrogen-bond donors (Lipinski definition) is 2. The summed E-state index contributed by atoms with van der Waals surface area (Å²) in [5, 5.41) is 2.77. The molecule has 8 heteroatoms. The number of ether oxygens (including phenoxy) is 2. The molecule has 1 unspecified atom stereocenters. The monoisotopic (exact) mass is 450 g/mol. The summed E-state index contributed by atoms with van der Waals surface area (Å²) in [5.74, 6) is 0.756. The zero-order valence-electron chi connectivity index (χ0n) is 17.2. The average molecular weight is 451 g/mol. The molecule has 0 spiro atoms. The SMILES string of the molecule is O=C(Nc1ccc2c(c1)OCO2)c1cccc(S(=O)(=O)NC2CCCc3ccccc32)c1. The Hall–Kier alpha value is -3.36. The van der Waals surface area contributed by atoms with Gasteiger partial charge in [-0.05, 0) is 60.7 Å². The number of hydrogen-bond acceptors (Lipinski definition) is 5. The second kappa shape index (κ2) is 8.29. The van der Waals surface area contributed by atoms with Crippen LogP contribution < -0.4 is 19.5 Å². The van der Waals surface area contributed by atoms with Crippen LogP contribution >= 0.6 is 0 Å². The van der Waals surface area contributed by atoms with Crippen molar-refractivity contribution in [2.75, 3.05) is 12.1 Å². The molecule has 0 bridgehead atoms. The third-order valence-electron chi connectivity index (χ3n) is 5.70. The molecule has 1 amide bonds. The molecular formula is C24H22N2O5S. The first kappa shape index (κ1) is 20.5. The number of fused-ring (bicyclic) bond motifs is 2. The normalized spacial score (nSPS) is 16.9. The Morgan fingerprint density at radius 2 is 1.78 bits per heavy atom. The first-order valence-electron chi connectivity index (χ1n) is 10.4. The number of nitrogens with one attached hydrogen (secondary N) is 2. The van der Waals surface area contributed by atoms with Gasteiger partial charge in [-0.1, -0.05) is 30.3 Å². The van der Waals surface area contributed by atoms with Gasteiger partial charge in [0.25, 0.3) is 5.91 Å². The second-order valence-corrected chi connectivity index (χ2v) is 9.53. The predicted octanol–water partition coefficient (Wildman–Crippen LogP) is 4.02. The van der Waals surface area contributed by atoms with Crippen molar-refractivity contribution in [1.82, 2.24) is 4.72 Å². The first-order valence-corrected chi connectivity index (χ1v) is 11.9. The fraction of sp³-hybridized carbons (Fsp3) is 0.208. The smallest absolute Gasteiger partial charge is 0.255 e. The maximum atomic E-state index is 13.1. The lowest BCUT2D eigenvalue weighted by atomic mass is 9.88. The van der Waals surface area contributed by atoms with E-state index in [-0.39, 0.29) is 23.3 Å². The van der Waals surface area contributed by atoms with E-state index in [2.05, 4.69) is 10.0 Å². The lowest BCUT2D eigenvalue weighted by molar-refractivity contribution is 0.102. The zero-order chi connectivity index (χ0) is 22.1. The molecule has 0 saturated heterocycles. The minimum absolute atomic E-state index is 0.0545. The highest BCUT2D eigenvalue weighted by atomic mass is 32.2. The fourth-order valence-corrected chi connectivity index (χ4v) is 5.41. The van der Waals surface area contributed by atoms with E-state index in [9.17, 15) is 13.2 Å². The molecule has 1 heterocycles. The summed E-state index contributed by atoms with van der Waals surface area (Å²) >= 11 is 0. The topological polar surface area (TPSA) is 93.7 Å². The number of rotatable bonds is 5. The molecule has 0 saturated carbocycles. The summed E-state index contributed by atoms with van der Waals surface area (Å²) in [5.41, 5.74) is 2.96. The summed E-state index contributed by atoms with van der Waals surface area (Å²) in [4.78, 5) is 12.8. The largest absolute Gasteiger partial charge is 0.454 e. The third kappa shape index (κ3) is 4.06. The van der Waals surface area contributed by atoms with Gasteiger partial charge in [0.05, 0.1) is 4.90 Å². The van der Waals surface area contributed by atoms with Gasteiger partial charge >= 0.3 is 0 Å². The lowest BCUT2D eigenvalue weighted by Gasteiger charge is -2.26. The van der Waals surface area contributed by atoms with Crippen molar-refractivity contribution in [3.8, 4) is 11.5 Å². The molecule has 7 nitrogen and oxygen atoms in total. The molecule has 2 aliphatic rings. The van der Waals surface area contributed by atoms with Crippen LogP contribution in [0, 0.1) is 0 Å². The fourth-order valence-electron chi connectivity index (χ4n) is 4.11. The Kier molecular flexibility index (Phi) is 5.32. The van der Waals surface area contributed by atoms with E-state index in [1.807, 2.05) is 24.3 Å². The molecule has 32 heavy (non-hydrogen) atoms. The number of sulfonamides is 1. The number of aryl methyl sites for hydroxylation is 1. The highest BCUT2D eigenvalue weighted by Crippen LogP contribution is 2.34. The predicted molar refractivity (Wildman–Crippen MR) is 119 cm³/mol. The molecule has 5 rings (SSSR count). The molecule has 0 fully saturated rings. The van der Waals surface area contributed by atoms with E-state index in [0.29, 0.717) is 17.2 Å². The van der Waals surface area contributed by atoms with Crippen molar-refractivity contribution in [3.05, 3.63) is 83.4 Å². The van der Waals surface area contributed by atoms with Gasteiger partial charge in [-0.15, -0.1) is 0 Å². The molecule has 3 aromatic carbocycles. The molecule has 0 radical (unpaired) electrons. The maximum Gasteiger partial charge on any atom is 0.255 e. The van der Waals surface area contributed by atoms with Crippen LogP contribution in [-0.4, -0.2) is 21.1 Å². The lowest BCUT2D eigenvalue weighted by Crippen LogP contribution is -2.31. The van der Waals surface area contributed by atoms with Crippen molar-refractivity contribution in [3.63, 3.8) is 0 Å². The molecule has 2 N–H and O–H groups in total. The van der Waals surface area contributed by atoms with Gasteiger partial charge < -0.3 is 14.8 Å². The van der Waals surface area contributed by atoms with Crippen LogP contribution in [-0.2, 0) is 16.4 Å². The van der Waals surface area contributed by atoms with Gasteiger partial charge in [-0.3, -0.25) is 4.79 Å². The summed E-state index contributed by atoms with van der Waals surface area (Å²) in [6, 6.07) is 18.7. The Morgan fingerprint density at radius 1 is 0.938 bits per heavy atom. The highest BCUT2D eigenvalue weighted by molar-refractivity contribution is 7.89. The van der Waals surface area contributed by atoms with E-state index in [1.165, 1.54) is 17.7 Å². The standard InChI is InChI=1S/C24H22N2O5S/c27-24(25-18-11-12-22-23(14-18)31-15-30-22)17-7-3-8-19(13-17)32(28,29)26-21-10-4-6-16-5-1-2-9-20(16)21/h1-3,5,7-9,11-14,21,26H,4,6,10,15H2,(H,25,27). The van der Waals surface area contributed by atoms with E-state index >= 15 is 0 Å². The van der Waals surface area contributed by atoms with E-state index in [4.69, 9.17) is 9.47 Å². The summed E-state index contributed by atoms with van der Waals surface area (Å²) in [6.45, 7) is 0.144. The van der Waals surface area contributed by atoms with E-state index in [0.717, 1.165) is 24.8 Å². The number of carbonyl (C=O) groups is 1. The molecule has 164 valence electrons. The highest BCUT2D eigenvalue weighted by Gasteiger charge is 2.26. The summed E-state index contributed by atoms with van der Waals surface area (Å²) in [6.07, 6.45) is 2.60. The molecule has 0 aromatic heterocycles. The molecule has 1 atom stereocenters. The minimum atomic E-state index is -3.81. The van der Waals surface area contributed by atoms with Gasteiger partial charge in [0.1, 0.15) is 0 Å². The van der Waals surface area contributed by atoms with Gasteiger partial charge in [-0.25, -0.2) is 13.1 Å². The molecule has 1 aliphatic carbocycles. The van der Waals surface area contributed by atoms with E-state index < -0.39 is 15.9 Å². The Balaban J connectivity index is 1.35. The van der Waals surface area contributed by atoms with Crippen LogP contribution in [0.3, 0.4) is 0 Å². The van der Waals surface area contributed by atoms with Gasteiger partial charge in [-0.2, -0.15) is 0 Å². The van der Waals surface area contributed by atoms with E-state index in [1.54, 1.807) is 30.3 Å². The molecule has 3 aromatic rings. The number of amides is 1. The van der Waals surface area contributed by atoms with Crippen LogP contribution in [0.1, 0.15) is 40.4 Å². The second-order valence-electron chi connectivity index (χ2n) is 7.81. The van der Waals surface area contributed by atoms with Gasteiger partial charge in [0.2, 0.25) is 16.8 Å². The van der Waals surface area contributed by atoms with Crippen molar-refractivity contribution in [1.29, 1.82) is 0 Å². The quantitative estimate of drug-likeness (QED) is 0.612. The first-order chi connectivity index (χ1) is 15.5.